The molecule has 0 aliphatic carbocycles. The van der Waals surface area contributed by atoms with Crippen molar-refractivity contribution in [3.63, 3.8) is 0 Å². The maximum atomic E-state index is 12.1. The predicted octanol–water partition coefficient (Wildman–Crippen LogP) is 3.59. The number of hydrogen-bond donors (Lipinski definition) is 1. The van der Waals surface area contributed by atoms with Crippen molar-refractivity contribution >= 4 is 53.7 Å². The summed E-state index contributed by atoms with van der Waals surface area (Å²) in [6.07, 6.45) is 0. The predicted molar refractivity (Wildman–Crippen MR) is 84.0 cm³/mol. The molecule has 0 saturated heterocycles. The molecule has 2 aromatic rings. The summed E-state index contributed by atoms with van der Waals surface area (Å²) in [5.41, 5.74) is 1.39. The lowest BCUT2D eigenvalue weighted by atomic mass is 10.1. The number of nitrogens with zero attached hydrogens (tertiary/aromatic N) is 1. The average molecular weight is 365 g/mol. The van der Waals surface area contributed by atoms with E-state index in [1.807, 2.05) is 0 Å². The molecule has 2 rings (SSSR count). The van der Waals surface area contributed by atoms with Crippen molar-refractivity contribution in [1.82, 2.24) is 4.98 Å². The Kier molecular flexibility index (Phi) is 4.57. The monoisotopic (exact) mass is 364 g/mol. The number of anilines is 1. The summed E-state index contributed by atoms with van der Waals surface area (Å²) in [4.78, 5) is 16.1. The van der Waals surface area contributed by atoms with Gasteiger partial charge in [0, 0.05) is 21.3 Å². The van der Waals surface area contributed by atoms with Gasteiger partial charge in [-0.15, -0.1) is 0 Å². The highest BCUT2D eigenvalue weighted by Gasteiger charge is 2.20. The topological polar surface area (TPSA) is 76.1 Å². The van der Waals surface area contributed by atoms with Crippen LogP contribution in [0.4, 0.5) is 5.13 Å². The number of benzene rings is 1. The fourth-order valence-electron chi connectivity index (χ4n) is 1.71. The maximum absolute atomic E-state index is 12.1. The van der Waals surface area contributed by atoms with Gasteiger partial charge in [-0.1, -0.05) is 22.9 Å². The molecule has 0 radical (unpaired) electrons. The average Bonchev–Trinajstić information content (AvgIpc) is 2.69. The van der Waals surface area contributed by atoms with Gasteiger partial charge >= 0.3 is 0 Å². The molecular formula is C12H10Cl2N2O3S2. The molecular weight excluding hydrogens is 355 g/mol. The summed E-state index contributed by atoms with van der Waals surface area (Å²) in [5, 5.41) is 3.26. The Morgan fingerprint density at radius 3 is 2.52 bits per heavy atom. The molecule has 21 heavy (non-hydrogen) atoms. The van der Waals surface area contributed by atoms with Crippen molar-refractivity contribution < 1.29 is 13.2 Å². The van der Waals surface area contributed by atoms with Crippen LogP contribution in [0.1, 0.15) is 21.6 Å². The summed E-state index contributed by atoms with van der Waals surface area (Å²) in [6.45, 7) is 3.26. The number of carbonyl (C=O) groups is 1. The van der Waals surface area contributed by atoms with E-state index in [1.165, 1.54) is 6.92 Å². The van der Waals surface area contributed by atoms with Crippen molar-refractivity contribution in [2.45, 2.75) is 18.1 Å². The van der Waals surface area contributed by atoms with Gasteiger partial charge in [0.25, 0.3) is 15.0 Å². The maximum Gasteiger partial charge on any atom is 0.272 e. The standard InChI is InChI=1S/C12H10Cl2N2O3S2/c1-6-5-8(13)3-4-9(6)10(17)16-12-15-7(2)11(20-12)21(14,18)19/h3-5H,1-2H3,(H,15,16,17). The van der Waals surface area contributed by atoms with Crippen LogP contribution in [-0.2, 0) is 9.05 Å². The van der Waals surface area contributed by atoms with E-state index in [0.29, 0.717) is 16.1 Å². The van der Waals surface area contributed by atoms with Crippen LogP contribution in [0.2, 0.25) is 5.02 Å². The zero-order valence-electron chi connectivity index (χ0n) is 11.0. The summed E-state index contributed by atoms with van der Waals surface area (Å²) >= 11 is 6.64. The summed E-state index contributed by atoms with van der Waals surface area (Å²) in [6, 6.07) is 4.86. The molecule has 1 heterocycles. The Morgan fingerprint density at radius 1 is 1.33 bits per heavy atom. The number of hydrogen-bond acceptors (Lipinski definition) is 5. The highest BCUT2D eigenvalue weighted by atomic mass is 35.7. The van der Waals surface area contributed by atoms with Gasteiger partial charge in [0.05, 0.1) is 5.69 Å². The van der Waals surface area contributed by atoms with E-state index in [2.05, 4.69) is 10.3 Å². The Bertz CT molecular complexity index is 816. The zero-order chi connectivity index (χ0) is 15.8. The molecule has 112 valence electrons. The third-order valence-corrected chi connectivity index (χ3v) is 6.12. The van der Waals surface area contributed by atoms with Gasteiger partial charge in [-0.2, -0.15) is 0 Å². The Hall–Kier alpha value is -1.15. The molecule has 0 aliphatic heterocycles. The molecule has 1 N–H and O–H groups in total. The van der Waals surface area contributed by atoms with Crippen LogP contribution in [0.15, 0.2) is 22.4 Å². The van der Waals surface area contributed by atoms with Gasteiger partial charge in [0.2, 0.25) is 0 Å². The summed E-state index contributed by atoms with van der Waals surface area (Å²) in [7, 11) is 1.42. The van der Waals surface area contributed by atoms with E-state index in [-0.39, 0.29) is 15.0 Å². The number of thiazole rings is 1. The molecule has 0 unspecified atom stereocenters. The third-order valence-electron chi connectivity index (χ3n) is 2.63. The third kappa shape index (κ3) is 3.74. The minimum Gasteiger partial charge on any atom is -0.298 e. The molecule has 5 nitrogen and oxygen atoms in total. The van der Waals surface area contributed by atoms with Crippen LogP contribution in [0, 0.1) is 13.8 Å². The van der Waals surface area contributed by atoms with Crippen molar-refractivity contribution in [2.24, 2.45) is 0 Å². The fourth-order valence-corrected chi connectivity index (χ4v) is 4.28. The van der Waals surface area contributed by atoms with E-state index in [0.717, 1.165) is 11.3 Å². The number of carbonyl (C=O) groups excluding carboxylic acids is 1. The van der Waals surface area contributed by atoms with Gasteiger partial charge in [0.1, 0.15) is 0 Å². The second-order valence-electron chi connectivity index (χ2n) is 4.24. The smallest absolute Gasteiger partial charge is 0.272 e. The first-order valence-electron chi connectivity index (χ1n) is 5.68. The van der Waals surface area contributed by atoms with Gasteiger partial charge in [-0.25, -0.2) is 13.4 Å². The van der Waals surface area contributed by atoms with Crippen LogP contribution >= 0.6 is 33.6 Å². The number of halogens is 2. The highest BCUT2D eigenvalue weighted by molar-refractivity contribution is 8.15. The van der Waals surface area contributed by atoms with Crippen LogP contribution in [0.3, 0.4) is 0 Å². The lowest BCUT2D eigenvalue weighted by Crippen LogP contribution is -2.13. The lowest BCUT2D eigenvalue weighted by molar-refractivity contribution is 0.102. The van der Waals surface area contributed by atoms with Gasteiger partial charge in [0.15, 0.2) is 9.34 Å². The first-order valence-corrected chi connectivity index (χ1v) is 9.18. The number of aryl methyl sites for hydroxylation is 2. The number of aromatic nitrogens is 1. The SMILES string of the molecule is Cc1cc(Cl)ccc1C(=O)Nc1nc(C)c(S(=O)(=O)Cl)s1. The minimum absolute atomic E-state index is 0.0766. The van der Waals surface area contributed by atoms with E-state index in [9.17, 15) is 13.2 Å². The highest BCUT2D eigenvalue weighted by Crippen LogP contribution is 2.30. The molecule has 1 aromatic heterocycles. The number of nitrogens with one attached hydrogen (secondary N) is 1. The molecule has 1 amide bonds. The molecule has 0 spiro atoms. The number of amides is 1. The van der Waals surface area contributed by atoms with Crippen LogP contribution in [0.5, 0.6) is 0 Å². The Labute approximate surface area is 135 Å². The van der Waals surface area contributed by atoms with Crippen molar-refractivity contribution in [3.05, 3.63) is 40.0 Å². The van der Waals surface area contributed by atoms with E-state index in [4.69, 9.17) is 22.3 Å². The van der Waals surface area contributed by atoms with E-state index < -0.39 is 15.0 Å². The minimum atomic E-state index is -3.87. The molecule has 9 heteroatoms. The lowest BCUT2D eigenvalue weighted by Gasteiger charge is -2.05. The first-order chi connectivity index (χ1) is 9.68. The molecule has 0 atom stereocenters. The van der Waals surface area contributed by atoms with E-state index >= 15 is 0 Å². The molecule has 0 fully saturated rings. The van der Waals surface area contributed by atoms with E-state index in [1.54, 1.807) is 25.1 Å². The zero-order valence-corrected chi connectivity index (χ0v) is 14.1. The molecule has 1 aromatic carbocycles. The van der Waals surface area contributed by atoms with Crippen LogP contribution in [0.25, 0.3) is 0 Å². The number of rotatable bonds is 3. The molecule has 0 bridgehead atoms. The van der Waals surface area contributed by atoms with Gasteiger partial charge in [-0.05, 0) is 37.6 Å². The van der Waals surface area contributed by atoms with Crippen molar-refractivity contribution in [2.75, 3.05) is 5.32 Å². The second kappa shape index (κ2) is 5.92. The largest absolute Gasteiger partial charge is 0.298 e. The van der Waals surface area contributed by atoms with Gasteiger partial charge in [-0.3, -0.25) is 10.1 Å². The second-order valence-corrected chi connectivity index (χ2v) is 8.44. The molecule has 0 aliphatic rings. The van der Waals surface area contributed by atoms with Crippen molar-refractivity contribution in [1.29, 1.82) is 0 Å². The normalized spacial score (nSPS) is 11.4. The summed E-state index contributed by atoms with van der Waals surface area (Å²) < 4.78 is 22.6. The van der Waals surface area contributed by atoms with Crippen LogP contribution in [-0.4, -0.2) is 19.3 Å². The first kappa shape index (κ1) is 16.2. The van der Waals surface area contributed by atoms with Gasteiger partial charge < -0.3 is 0 Å². The Balaban J connectivity index is 2.28. The summed E-state index contributed by atoms with van der Waals surface area (Å²) in [5.74, 6) is -0.392. The van der Waals surface area contributed by atoms with Crippen molar-refractivity contribution in [3.8, 4) is 0 Å². The molecule has 0 saturated carbocycles. The quantitative estimate of drug-likeness (QED) is 0.844. The Morgan fingerprint density at radius 2 is 2.00 bits per heavy atom. The fraction of sp³-hybridized carbons (Fsp3) is 0.167. The van der Waals surface area contributed by atoms with Crippen LogP contribution < -0.4 is 5.32 Å².